The molecule has 33 heavy (non-hydrogen) atoms. The number of hydrogen-bond donors (Lipinski definition) is 2. The number of hydrogen-bond acceptors (Lipinski definition) is 3. The molecule has 2 amide bonds. The monoisotopic (exact) mass is 632 g/mol. The van der Waals surface area contributed by atoms with E-state index in [0.717, 1.165) is 11.1 Å². The fourth-order valence-corrected chi connectivity index (χ4v) is 4.30. The summed E-state index contributed by atoms with van der Waals surface area (Å²) < 4.78 is 0. The van der Waals surface area contributed by atoms with Crippen LogP contribution in [-0.4, -0.2) is 23.5 Å². The van der Waals surface area contributed by atoms with Crippen LogP contribution in [0.2, 0.25) is 5.02 Å². The maximum absolute atomic E-state index is 13.5. The first-order chi connectivity index (χ1) is 15.3. The number of aliphatic hydroxyl groups is 1. The summed E-state index contributed by atoms with van der Waals surface area (Å²) in [5, 5.41) is 13.9. The van der Waals surface area contributed by atoms with Crippen LogP contribution in [0.5, 0.6) is 0 Å². The molecule has 1 aliphatic rings. The van der Waals surface area contributed by atoms with Gasteiger partial charge in [0.25, 0.3) is 11.8 Å². The second-order valence-electron chi connectivity index (χ2n) is 8.12. The minimum atomic E-state index is -0.651. The fourth-order valence-electron chi connectivity index (χ4n) is 4.12. The van der Waals surface area contributed by atoms with E-state index < -0.39 is 6.10 Å². The van der Waals surface area contributed by atoms with Gasteiger partial charge in [0, 0.05) is 60.7 Å². The van der Waals surface area contributed by atoms with Crippen LogP contribution in [0.3, 0.4) is 0 Å². The van der Waals surface area contributed by atoms with Crippen LogP contribution >= 0.6 is 11.6 Å². The zero-order valence-corrected chi connectivity index (χ0v) is 22.2. The van der Waals surface area contributed by atoms with Gasteiger partial charge < -0.3 is 15.3 Å². The first-order valence-corrected chi connectivity index (χ1v) is 11.0. The number of aliphatic hydroxyl groups excluding tert-OH is 1. The molecular formula is C26H25ClN2O3W. The van der Waals surface area contributed by atoms with Gasteiger partial charge in [0.1, 0.15) is 0 Å². The number of nitrogens with zero attached hydrogens (tertiary/aromatic N) is 1. The van der Waals surface area contributed by atoms with Crippen LogP contribution in [-0.2, 0) is 21.1 Å². The van der Waals surface area contributed by atoms with Crippen LogP contribution < -0.4 is 10.2 Å². The Hall–Kier alpha value is -2.46. The van der Waals surface area contributed by atoms with Crippen LogP contribution in [0.25, 0.3) is 0 Å². The number of rotatable bonds is 3. The molecule has 2 N–H and O–H groups in total. The number of anilines is 2. The van der Waals surface area contributed by atoms with Crippen molar-refractivity contribution in [3.05, 3.63) is 93.5 Å². The summed E-state index contributed by atoms with van der Waals surface area (Å²) in [5.41, 5.74) is 4.81. The number of carbonyl (C=O) groups is 2. The molecular weight excluding hydrogens is 608 g/mol. The SMILES string of the molecule is Cc1ccccc1C(=O)Nc1ccc(C(=O)N2CCCC(O)c3cc(Cl)ccc32)c(C)c1.[W]. The molecule has 3 aromatic rings. The minimum Gasteiger partial charge on any atom is -0.388 e. The van der Waals surface area contributed by atoms with Gasteiger partial charge in [-0.3, -0.25) is 9.59 Å². The molecule has 1 heterocycles. The molecule has 0 fully saturated rings. The van der Waals surface area contributed by atoms with Crippen LogP contribution in [0.15, 0.2) is 60.7 Å². The summed E-state index contributed by atoms with van der Waals surface area (Å²) in [6.07, 6.45) is 0.602. The maximum Gasteiger partial charge on any atom is 0.258 e. The Morgan fingerprint density at radius 3 is 2.48 bits per heavy atom. The molecule has 1 atom stereocenters. The van der Waals surface area contributed by atoms with E-state index in [0.29, 0.717) is 52.5 Å². The van der Waals surface area contributed by atoms with E-state index in [4.69, 9.17) is 11.6 Å². The van der Waals surface area contributed by atoms with Crippen LogP contribution in [0.1, 0.15) is 56.4 Å². The molecule has 4 rings (SSSR count). The Morgan fingerprint density at radius 1 is 1.00 bits per heavy atom. The molecule has 7 heteroatoms. The summed E-state index contributed by atoms with van der Waals surface area (Å²) in [6.45, 7) is 4.26. The molecule has 0 saturated heterocycles. The number of aryl methyl sites for hydroxylation is 2. The van der Waals surface area contributed by atoms with Gasteiger partial charge in [-0.15, -0.1) is 0 Å². The number of benzene rings is 3. The zero-order chi connectivity index (χ0) is 22.8. The predicted octanol–water partition coefficient (Wildman–Crippen LogP) is 5.68. The summed E-state index contributed by atoms with van der Waals surface area (Å²) >= 11 is 6.13. The average Bonchev–Trinajstić information content (AvgIpc) is 2.92. The van der Waals surface area contributed by atoms with E-state index in [2.05, 4.69) is 5.32 Å². The van der Waals surface area contributed by atoms with Crippen molar-refractivity contribution in [1.29, 1.82) is 0 Å². The Balaban J connectivity index is 0.00000306. The maximum atomic E-state index is 13.5. The van der Waals surface area contributed by atoms with E-state index in [9.17, 15) is 14.7 Å². The fraction of sp³-hybridized carbons (Fsp3) is 0.231. The zero-order valence-electron chi connectivity index (χ0n) is 18.5. The Bertz CT molecular complexity index is 1200. The molecule has 170 valence electrons. The summed E-state index contributed by atoms with van der Waals surface area (Å²) in [7, 11) is 0. The number of fused-ring (bicyclic) bond motifs is 1. The van der Waals surface area contributed by atoms with Gasteiger partial charge >= 0.3 is 0 Å². The molecule has 1 unspecified atom stereocenters. The van der Waals surface area contributed by atoms with Crippen molar-refractivity contribution in [1.82, 2.24) is 0 Å². The van der Waals surface area contributed by atoms with Crippen molar-refractivity contribution in [2.45, 2.75) is 32.8 Å². The first kappa shape index (κ1) is 25.2. The number of halogens is 1. The molecule has 0 spiro atoms. The van der Waals surface area contributed by atoms with E-state index in [1.807, 2.05) is 32.0 Å². The molecule has 0 saturated carbocycles. The molecule has 1 aliphatic heterocycles. The molecule has 0 bridgehead atoms. The van der Waals surface area contributed by atoms with Gasteiger partial charge in [0.15, 0.2) is 0 Å². The van der Waals surface area contributed by atoms with Crippen molar-refractivity contribution in [2.75, 3.05) is 16.8 Å². The predicted molar refractivity (Wildman–Crippen MR) is 128 cm³/mol. The van der Waals surface area contributed by atoms with E-state index >= 15 is 0 Å². The molecule has 3 aromatic carbocycles. The second kappa shape index (κ2) is 10.6. The molecule has 0 aliphatic carbocycles. The van der Waals surface area contributed by atoms with Gasteiger partial charge in [-0.25, -0.2) is 0 Å². The first-order valence-electron chi connectivity index (χ1n) is 10.6. The smallest absolute Gasteiger partial charge is 0.258 e. The van der Waals surface area contributed by atoms with Gasteiger partial charge in [-0.1, -0.05) is 29.8 Å². The van der Waals surface area contributed by atoms with Crippen molar-refractivity contribution >= 4 is 34.8 Å². The van der Waals surface area contributed by atoms with E-state index in [-0.39, 0.29) is 32.9 Å². The summed E-state index contributed by atoms with van der Waals surface area (Å²) in [4.78, 5) is 27.8. The van der Waals surface area contributed by atoms with E-state index in [1.54, 1.807) is 47.4 Å². The second-order valence-corrected chi connectivity index (χ2v) is 8.55. The van der Waals surface area contributed by atoms with Crippen LogP contribution in [0, 0.1) is 13.8 Å². The van der Waals surface area contributed by atoms with Crippen molar-refractivity contribution in [3.63, 3.8) is 0 Å². The summed E-state index contributed by atoms with van der Waals surface area (Å²) in [5.74, 6) is -0.328. The largest absolute Gasteiger partial charge is 0.388 e. The molecule has 5 nitrogen and oxygen atoms in total. The van der Waals surface area contributed by atoms with Crippen molar-refractivity contribution in [3.8, 4) is 0 Å². The molecule has 0 aromatic heterocycles. The quantitative estimate of drug-likeness (QED) is 0.391. The van der Waals surface area contributed by atoms with Gasteiger partial charge in [0.05, 0.1) is 6.10 Å². The van der Waals surface area contributed by atoms with E-state index in [1.165, 1.54) is 0 Å². The van der Waals surface area contributed by atoms with Crippen LogP contribution in [0.4, 0.5) is 11.4 Å². The number of amides is 2. The summed E-state index contributed by atoms with van der Waals surface area (Å²) in [6, 6.07) is 17.9. The Morgan fingerprint density at radius 2 is 1.76 bits per heavy atom. The van der Waals surface area contributed by atoms with Crippen molar-refractivity contribution < 1.29 is 35.8 Å². The average molecular weight is 633 g/mol. The van der Waals surface area contributed by atoms with Gasteiger partial charge in [-0.05, 0) is 80.3 Å². The van der Waals surface area contributed by atoms with Gasteiger partial charge in [-0.2, -0.15) is 0 Å². The third-order valence-corrected chi connectivity index (χ3v) is 6.08. The van der Waals surface area contributed by atoms with Gasteiger partial charge in [0.2, 0.25) is 0 Å². The number of carbonyl (C=O) groups excluding carboxylic acids is 2. The minimum absolute atomic E-state index is 0. The Labute approximate surface area is 213 Å². The topological polar surface area (TPSA) is 69.6 Å². The molecule has 0 radical (unpaired) electrons. The Kier molecular flexibility index (Phi) is 8.12. The third-order valence-electron chi connectivity index (χ3n) is 5.85. The van der Waals surface area contributed by atoms with Crippen molar-refractivity contribution in [2.24, 2.45) is 0 Å². The standard InChI is InChI=1S/C26H25ClN2O3.W/c1-16-6-3-4-7-20(16)25(31)28-19-10-11-21(17(2)14-19)26(32)29-13-5-8-24(30)22-15-18(27)9-12-23(22)29;/h3-4,6-7,9-12,14-15,24,30H,5,8,13H2,1-2H3,(H,28,31);. The number of nitrogens with one attached hydrogen (secondary N) is 1. The normalized spacial score (nSPS) is 15.2. The third kappa shape index (κ3) is 5.38.